The number of nitrogens with two attached hydrogens (primary N) is 1. The average Bonchev–Trinajstić information content (AvgIpc) is 3.49. The molecule has 0 fully saturated rings. The number of rotatable bonds is 6. The van der Waals surface area contributed by atoms with E-state index < -0.39 is 0 Å². The van der Waals surface area contributed by atoms with Crippen LogP contribution in [0.5, 0.6) is 0 Å². The van der Waals surface area contributed by atoms with Gasteiger partial charge >= 0.3 is 0 Å². The number of aromatic nitrogens is 6. The Morgan fingerprint density at radius 3 is 2.69 bits per heavy atom. The van der Waals surface area contributed by atoms with Gasteiger partial charge in [0.25, 0.3) is 5.91 Å². The first kappa shape index (κ1) is 25.0. The Morgan fingerprint density at radius 2 is 1.94 bits per heavy atom. The van der Waals surface area contributed by atoms with Gasteiger partial charge in [-0.25, -0.2) is 24.5 Å². The Kier molecular flexibility index (Phi) is 7.15. The molecule has 8 nitrogen and oxygen atoms in total. The minimum absolute atomic E-state index is 0.126. The Balaban J connectivity index is 1.47. The monoisotopic (exact) mass is 483 g/mol. The van der Waals surface area contributed by atoms with Crippen LogP contribution in [0, 0.1) is 5.41 Å². The molecule has 3 aromatic rings. The van der Waals surface area contributed by atoms with E-state index in [1.165, 1.54) is 28.4 Å². The number of anilines is 1. The molecule has 0 spiro atoms. The summed E-state index contributed by atoms with van der Waals surface area (Å²) in [7, 11) is 0. The van der Waals surface area contributed by atoms with Crippen LogP contribution in [0.3, 0.4) is 0 Å². The van der Waals surface area contributed by atoms with Crippen molar-refractivity contribution in [1.29, 1.82) is 0 Å². The van der Waals surface area contributed by atoms with Gasteiger partial charge in [-0.1, -0.05) is 49.8 Å². The van der Waals surface area contributed by atoms with E-state index in [1.54, 1.807) is 6.08 Å². The third-order valence-electron chi connectivity index (χ3n) is 6.76. The second-order valence-electron chi connectivity index (χ2n) is 9.92. The fraction of sp³-hybridized carbons (Fsp3) is 0.321. The Labute approximate surface area is 211 Å². The van der Waals surface area contributed by atoms with E-state index in [0.29, 0.717) is 17.2 Å². The fourth-order valence-corrected chi connectivity index (χ4v) is 4.69. The average molecular weight is 484 g/mol. The second kappa shape index (κ2) is 10.3. The number of hydrogen-bond acceptors (Lipinski definition) is 6. The molecule has 3 heterocycles. The van der Waals surface area contributed by atoms with Crippen LogP contribution in [-0.2, 0) is 0 Å². The van der Waals surface area contributed by atoms with Crippen LogP contribution < -0.4 is 5.73 Å². The molecular weight excluding hydrogens is 450 g/mol. The summed E-state index contributed by atoms with van der Waals surface area (Å²) in [5.41, 5.74) is 11.4. The number of nitrogen functional groups attached to an aromatic ring is 1. The topological polar surface area (TPSA) is 105 Å². The Bertz CT molecular complexity index is 1420. The maximum Gasteiger partial charge on any atom is 0.257 e. The molecule has 8 heteroatoms. The van der Waals surface area contributed by atoms with Gasteiger partial charge in [-0.05, 0) is 55.7 Å². The molecule has 1 unspecified atom stereocenters. The molecule has 4 rings (SSSR count). The molecule has 2 N–H and O–H groups in total. The number of carbonyl (C=O) groups excluding carboxylic acids is 1. The molecule has 0 saturated heterocycles. The zero-order valence-corrected chi connectivity index (χ0v) is 21.5. The van der Waals surface area contributed by atoms with Crippen molar-refractivity contribution in [3.63, 3.8) is 0 Å². The molecule has 1 aliphatic rings. The van der Waals surface area contributed by atoms with E-state index in [2.05, 4.69) is 64.4 Å². The molecule has 3 aromatic heterocycles. The van der Waals surface area contributed by atoms with Crippen molar-refractivity contribution in [2.24, 2.45) is 5.41 Å². The third kappa shape index (κ3) is 5.27. The highest BCUT2D eigenvalue weighted by Gasteiger charge is 2.32. The lowest BCUT2D eigenvalue weighted by molar-refractivity contribution is 0.0972. The van der Waals surface area contributed by atoms with Crippen molar-refractivity contribution >= 4 is 22.9 Å². The summed E-state index contributed by atoms with van der Waals surface area (Å²) in [5, 5.41) is 0. The first-order valence-electron chi connectivity index (χ1n) is 12.1. The minimum Gasteiger partial charge on any atom is -0.382 e. The molecule has 0 saturated carbocycles. The van der Waals surface area contributed by atoms with Gasteiger partial charge < -0.3 is 10.3 Å². The molecule has 1 atom stereocenters. The van der Waals surface area contributed by atoms with Crippen LogP contribution in [0.4, 0.5) is 5.82 Å². The van der Waals surface area contributed by atoms with Crippen molar-refractivity contribution in [3.05, 3.63) is 90.1 Å². The standard InChI is InChI=1S/C28H33N7O/c1-19(9-10-22-21(3)23(11-12-28(22,4)5)34-14-13-30-17-34)7-6-8-20(2)15-24(36)35-18-33-25-26(29)31-16-32-27(25)35/h6-10,13-18,23H,11-12H2,1-5H3,(H2,29,31,32)/b8-6+,10-9+,19-7+,20-15+. The van der Waals surface area contributed by atoms with Crippen LogP contribution in [0.25, 0.3) is 11.2 Å². The summed E-state index contributed by atoms with van der Waals surface area (Å²) < 4.78 is 3.57. The Hall–Kier alpha value is -4.07. The van der Waals surface area contributed by atoms with E-state index in [9.17, 15) is 4.79 Å². The van der Waals surface area contributed by atoms with Crippen molar-refractivity contribution in [2.45, 2.75) is 53.5 Å². The van der Waals surface area contributed by atoms with Crippen molar-refractivity contribution in [2.75, 3.05) is 5.73 Å². The van der Waals surface area contributed by atoms with Gasteiger partial charge in [0, 0.05) is 18.5 Å². The van der Waals surface area contributed by atoms with Crippen LogP contribution in [0.2, 0.25) is 0 Å². The SMILES string of the molecule is CC1=C(/C=C/C(C)=C/C=C/C(C)=C/C(=O)n2cnc3c(N)ncnc32)C(C)(C)CCC1n1ccnc1. The fourth-order valence-electron chi connectivity index (χ4n) is 4.69. The first-order chi connectivity index (χ1) is 17.2. The molecular formula is C28H33N7O. The summed E-state index contributed by atoms with van der Waals surface area (Å²) in [6.07, 6.45) is 22.6. The summed E-state index contributed by atoms with van der Waals surface area (Å²) in [4.78, 5) is 29.1. The lowest BCUT2D eigenvalue weighted by Gasteiger charge is -2.37. The zero-order valence-electron chi connectivity index (χ0n) is 21.5. The highest BCUT2D eigenvalue weighted by molar-refractivity contribution is 5.97. The number of hydrogen-bond donors (Lipinski definition) is 1. The lowest BCUT2D eigenvalue weighted by atomic mass is 9.71. The van der Waals surface area contributed by atoms with Gasteiger partial charge in [0.05, 0.1) is 12.4 Å². The largest absolute Gasteiger partial charge is 0.382 e. The van der Waals surface area contributed by atoms with E-state index in [1.807, 2.05) is 43.9 Å². The van der Waals surface area contributed by atoms with Crippen LogP contribution >= 0.6 is 0 Å². The molecule has 0 amide bonds. The van der Waals surface area contributed by atoms with E-state index in [4.69, 9.17) is 5.73 Å². The van der Waals surface area contributed by atoms with Crippen molar-refractivity contribution in [1.82, 2.24) is 29.1 Å². The third-order valence-corrected chi connectivity index (χ3v) is 6.76. The Morgan fingerprint density at radius 1 is 1.14 bits per heavy atom. The summed E-state index contributed by atoms with van der Waals surface area (Å²) >= 11 is 0. The quantitative estimate of drug-likeness (QED) is 0.360. The molecule has 0 aliphatic heterocycles. The first-order valence-corrected chi connectivity index (χ1v) is 12.1. The molecule has 0 radical (unpaired) electrons. The van der Waals surface area contributed by atoms with Gasteiger partial charge in [0.15, 0.2) is 17.0 Å². The van der Waals surface area contributed by atoms with Gasteiger partial charge in [-0.15, -0.1) is 0 Å². The van der Waals surface area contributed by atoms with Crippen LogP contribution in [0.1, 0.15) is 58.3 Å². The van der Waals surface area contributed by atoms with E-state index >= 15 is 0 Å². The van der Waals surface area contributed by atoms with E-state index in [0.717, 1.165) is 24.0 Å². The second-order valence-corrected chi connectivity index (χ2v) is 9.92. The highest BCUT2D eigenvalue weighted by atomic mass is 16.2. The molecule has 186 valence electrons. The molecule has 1 aliphatic carbocycles. The van der Waals surface area contributed by atoms with Gasteiger partial charge in [-0.2, -0.15) is 0 Å². The number of imidazole rings is 2. The van der Waals surface area contributed by atoms with Crippen LogP contribution in [0.15, 0.2) is 90.1 Å². The van der Waals surface area contributed by atoms with Gasteiger partial charge in [0.1, 0.15) is 12.7 Å². The smallest absolute Gasteiger partial charge is 0.257 e. The van der Waals surface area contributed by atoms with Crippen molar-refractivity contribution < 1.29 is 4.79 Å². The number of allylic oxidation sites excluding steroid dienone is 10. The normalized spacial score (nSPS) is 19.2. The predicted molar refractivity (Wildman–Crippen MR) is 143 cm³/mol. The molecule has 36 heavy (non-hydrogen) atoms. The maximum atomic E-state index is 12.7. The summed E-state index contributed by atoms with van der Waals surface area (Å²) in [6, 6.07) is 0.352. The number of nitrogens with zero attached hydrogens (tertiary/aromatic N) is 6. The zero-order chi connectivity index (χ0) is 25.9. The van der Waals surface area contributed by atoms with Gasteiger partial charge in [-0.3, -0.25) is 4.79 Å². The predicted octanol–water partition coefficient (Wildman–Crippen LogP) is 5.63. The van der Waals surface area contributed by atoms with Crippen LogP contribution in [-0.4, -0.2) is 35.0 Å². The minimum atomic E-state index is -0.243. The van der Waals surface area contributed by atoms with Crippen molar-refractivity contribution in [3.8, 4) is 0 Å². The molecule has 0 bridgehead atoms. The summed E-state index contributed by atoms with van der Waals surface area (Å²) in [6.45, 7) is 10.8. The maximum absolute atomic E-state index is 12.7. The van der Waals surface area contributed by atoms with Gasteiger partial charge in [0.2, 0.25) is 0 Å². The lowest BCUT2D eigenvalue weighted by Crippen LogP contribution is -2.25. The number of carbonyl (C=O) groups is 1. The summed E-state index contributed by atoms with van der Waals surface area (Å²) in [5.74, 6) is 0.00775. The van der Waals surface area contributed by atoms with E-state index in [-0.39, 0.29) is 17.1 Å². The number of fused-ring (bicyclic) bond motifs is 1. The molecule has 0 aromatic carbocycles. The highest BCUT2D eigenvalue weighted by Crippen LogP contribution is 2.45.